The number of aromatic nitrogens is 1. The van der Waals surface area contributed by atoms with Crippen LogP contribution < -0.4 is 10.2 Å². The maximum atomic E-state index is 13.7. The summed E-state index contributed by atoms with van der Waals surface area (Å²) in [7, 11) is 0. The number of benzene rings is 1. The molecule has 3 aromatic rings. The fourth-order valence-electron chi connectivity index (χ4n) is 4.78. The second-order valence-corrected chi connectivity index (χ2v) is 9.83. The first-order chi connectivity index (χ1) is 14.5. The number of carbonyl (C=O) groups is 2. The third kappa shape index (κ3) is 3.13. The van der Waals surface area contributed by atoms with Gasteiger partial charge in [-0.25, -0.2) is 0 Å². The van der Waals surface area contributed by atoms with Gasteiger partial charge in [0.2, 0.25) is 5.91 Å². The predicted octanol–water partition coefficient (Wildman–Crippen LogP) is 5.22. The van der Waals surface area contributed by atoms with Crippen LogP contribution in [0, 0.1) is 0 Å². The fourth-order valence-corrected chi connectivity index (χ4v) is 5.80. The third-order valence-electron chi connectivity index (χ3n) is 6.40. The molecule has 5 nitrogen and oxygen atoms in total. The molecule has 3 heterocycles. The molecule has 1 aromatic carbocycles. The van der Waals surface area contributed by atoms with Crippen LogP contribution in [0.4, 0.5) is 5.69 Å². The summed E-state index contributed by atoms with van der Waals surface area (Å²) in [4.78, 5) is 30.0. The number of carbonyl (C=O) groups excluding carboxylic acids is 2. The third-order valence-corrected chi connectivity index (χ3v) is 7.60. The molecule has 0 bridgehead atoms. The van der Waals surface area contributed by atoms with Gasteiger partial charge in [0.25, 0.3) is 5.91 Å². The first-order valence-corrected chi connectivity index (χ1v) is 11.7. The molecule has 7 heteroatoms. The molecule has 1 saturated carbocycles. The number of hydrogen-bond acceptors (Lipinski definition) is 3. The van der Waals surface area contributed by atoms with Crippen LogP contribution in [0.2, 0.25) is 5.02 Å². The van der Waals surface area contributed by atoms with Crippen molar-refractivity contribution in [3.05, 3.63) is 52.5 Å². The summed E-state index contributed by atoms with van der Waals surface area (Å²) in [5.41, 5.74) is 0.266. The number of nitrogens with one attached hydrogen (secondary N) is 1. The highest BCUT2D eigenvalue weighted by Crippen LogP contribution is 2.38. The van der Waals surface area contributed by atoms with Gasteiger partial charge < -0.3 is 9.88 Å². The minimum Gasteiger partial charge on any atom is -0.351 e. The van der Waals surface area contributed by atoms with Crippen LogP contribution >= 0.6 is 22.9 Å². The lowest BCUT2D eigenvalue weighted by atomic mass is 9.91. The normalized spacial score (nSPS) is 22.3. The topological polar surface area (TPSA) is 54.3 Å². The lowest BCUT2D eigenvalue weighted by Gasteiger charge is -2.44. The molecule has 2 amide bonds. The molecule has 1 atom stereocenters. The largest absolute Gasteiger partial charge is 0.351 e. The molecular formula is C23H24ClN3O2S. The highest BCUT2D eigenvalue weighted by atomic mass is 35.5. The highest BCUT2D eigenvalue weighted by molar-refractivity contribution is 7.16. The SMILES string of the molecule is CC1(C(=O)NC2CCCCC2)Cn2c(cc3ccsc32)C(=O)N1c1ccc(Cl)cc1. The number of thiophene rings is 1. The zero-order chi connectivity index (χ0) is 20.9. The van der Waals surface area contributed by atoms with Gasteiger partial charge in [-0.15, -0.1) is 11.3 Å². The summed E-state index contributed by atoms with van der Waals surface area (Å²) in [5.74, 6) is -0.255. The summed E-state index contributed by atoms with van der Waals surface area (Å²) in [6.07, 6.45) is 5.50. The number of hydrogen-bond donors (Lipinski definition) is 1. The molecule has 5 rings (SSSR count). The summed E-state index contributed by atoms with van der Waals surface area (Å²) >= 11 is 7.68. The quantitative estimate of drug-likeness (QED) is 0.605. The molecule has 1 fully saturated rings. The van der Waals surface area contributed by atoms with Gasteiger partial charge in [-0.1, -0.05) is 30.9 Å². The standard InChI is InChI=1S/C23H24ClN3O2S/c1-23(22(29)25-17-5-3-2-4-6-17)14-26-19(13-15-11-12-30-21(15)26)20(28)27(23)18-9-7-16(24)8-10-18/h7-13,17H,2-6,14H2,1H3,(H,25,29). The Morgan fingerprint density at radius 1 is 1.17 bits per heavy atom. The van der Waals surface area contributed by atoms with E-state index in [1.807, 2.05) is 41.1 Å². The van der Waals surface area contributed by atoms with Gasteiger partial charge in [0.05, 0.1) is 6.54 Å². The Hall–Kier alpha value is -2.31. The Morgan fingerprint density at radius 3 is 2.63 bits per heavy atom. The van der Waals surface area contributed by atoms with Crippen LogP contribution in [0.5, 0.6) is 0 Å². The van der Waals surface area contributed by atoms with E-state index in [0.717, 1.165) is 35.9 Å². The molecule has 1 N–H and O–H groups in total. The van der Waals surface area contributed by atoms with Gasteiger partial charge in [0.15, 0.2) is 0 Å². The number of nitrogens with zero attached hydrogens (tertiary/aromatic N) is 2. The molecule has 1 aliphatic heterocycles. The van der Waals surface area contributed by atoms with Crippen molar-refractivity contribution in [1.82, 2.24) is 9.88 Å². The zero-order valence-electron chi connectivity index (χ0n) is 16.9. The van der Waals surface area contributed by atoms with E-state index in [4.69, 9.17) is 11.6 Å². The van der Waals surface area contributed by atoms with Gasteiger partial charge in [-0.2, -0.15) is 0 Å². The number of amides is 2. The van der Waals surface area contributed by atoms with Gasteiger partial charge in [-0.3, -0.25) is 14.5 Å². The molecule has 30 heavy (non-hydrogen) atoms. The van der Waals surface area contributed by atoms with E-state index < -0.39 is 5.54 Å². The van der Waals surface area contributed by atoms with Crippen molar-refractivity contribution in [2.75, 3.05) is 4.90 Å². The summed E-state index contributed by atoms with van der Waals surface area (Å²) < 4.78 is 2.01. The molecule has 2 aromatic heterocycles. The number of anilines is 1. The summed E-state index contributed by atoms with van der Waals surface area (Å²) in [5, 5.41) is 6.91. The fraction of sp³-hybridized carbons (Fsp3) is 0.391. The monoisotopic (exact) mass is 441 g/mol. The Balaban J connectivity index is 1.59. The molecule has 0 saturated heterocycles. The molecule has 0 radical (unpaired) electrons. The molecule has 0 spiro atoms. The van der Waals surface area contributed by atoms with Crippen LogP contribution in [0.3, 0.4) is 0 Å². The van der Waals surface area contributed by atoms with E-state index in [0.29, 0.717) is 22.9 Å². The van der Waals surface area contributed by atoms with Crippen LogP contribution in [0.25, 0.3) is 10.2 Å². The smallest absolute Gasteiger partial charge is 0.275 e. The van der Waals surface area contributed by atoms with Crippen molar-refractivity contribution in [2.24, 2.45) is 0 Å². The first-order valence-electron chi connectivity index (χ1n) is 10.5. The molecule has 1 aliphatic carbocycles. The van der Waals surface area contributed by atoms with E-state index in [-0.39, 0.29) is 17.9 Å². The molecule has 1 unspecified atom stereocenters. The summed E-state index contributed by atoms with van der Waals surface area (Å²) in [6, 6.07) is 11.3. The minimum absolute atomic E-state index is 0.0956. The number of fused-ring (bicyclic) bond motifs is 3. The highest BCUT2D eigenvalue weighted by Gasteiger charge is 2.49. The first kappa shape index (κ1) is 19.6. The average Bonchev–Trinajstić information content (AvgIpc) is 3.33. The van der Waals surface area contributed by atoms with Crippen molar-refractivity contribution in [2.45, 2.75) is 57.2 Å². The van der Waals surface area contributed by atoms with Crippen molar-refractivity contribution in [3.8, 4) is 0 Å². The predicted molar refractivity (Wildman–Crippen MR) is 121 cm³/mol. The summed E-state index contributed by atoms with van der Waals surface area (Å²) in [6.45, 7) is 2.29. The van der Waals surface area contributed by atoms with Crippen LogP contribution in [-0.4, -0.2) is 28.0 Å². The van der Waals surface area contributed by atoms with Crippen LogP contribution in [0.15, 0.2) is 41.8 Å². The van der Waals surface area contributed by atoms with Gasteiger partial charge in [0.1, 0.15) is 16.1 Å². The van der Waals surface area contributed by atoms with Gasteiger partial charge >= 0.3 is 0 Å². The van der Waals surface area contributed by atoms with Gasteiger partial charge in [-0.05, 0) is 61.5 Å². The number of rotatable bonds is 3. The van der Waals surface area contributed by atoms with Gasteiger partial charge in [0, 0.05) is 22.1 Å². The lowest BCUT2D eigenvalue weighted by Crippen LogP contribution is -2.65. The van der Waals surface area contributed by atoms with Crippen molar-refractivity contribution >= 4 is 50.7 Å². The minimum atomic E-state index is -1.04. The second-order valence-electron chi connectivity index (χ2n) is 8.50. The van der Waals surface area contributed by atoms with E-state index in [1.54, 1.807) is 28.4 Å². The van der Waals surface area contributed by atoms with Crippen LogP contribution in [0.1, 0.15) is 49.5 Å². The second kappa shape index (κ2) is 7.43. The molecule has 156 valence electrons. The Kier molecular flexibility index (Phi) is 4.86. The van der Waals surface area contributed by atoms with Crippen molar-refractivity contribution in [3.63, 3.8) is 0 Å². The van der Waals surface area contributed by atoms with E-state index in [1.165, 1.54) is 6.42 Å². The maximum Gasteiger partial charge on any atom is 0.275 e. The lowest BCUT2D eigenvalue weighted by molar-refractivity contribution is -0.127. The van der Waals surface area contributed by atoms with E-state index in [9.17, 15) is 9.59 Å². The van der Waals surface area contributed by atoms with Crippen molar-refractivity contribution < 1.29 is 9.59 Å². The number of halogens is 1. The Morgan fingerprint density at radius 2 is 1.90 bits per heavy atom. The van der Waals surface area contributed by atoms with E-state index in [2.05, 4.69) is 5.32 Å². The van der Waals surface area contributed by atoms with Crippen molar-refractivity contribution in [1.29, 1.82) is 0 Å². The van der Waals surface area contributed by atoms with E-state index >= 15 is 0 Å². The average molecular weight is 442 g/mol. The van der Waals surface area contributed by atoms with Crippen LogP contribution in [-0.2, 0) is 11.3 Å². The Bertz CT molecular complexity index is 1110. The Labute approximate surface area is 184 Å². The molecular weight excluding hydrogens is 418 g/mol. The zero-order valence-corrected chi connectivity index (χ0v) is 18.4. The maximum absolute atomic E-state index is 13.7. The molecule has 2 aliphatic rings.